The molecular formula is C15H19N5O2. The van der Waals surface area contributed by atoms with Crippen LogP contribution in [0.3, 0.4) is 0 Å². The third-order valence-corrected chi connectivity index (χ3v) is 3.88. The quantitative estimate of drug-likeness (QED) is 0.871. The van der Waals surface area contributed by atoms with E-state index in [9.17, 15) is 9.90 Å². The molecule has 1 amide bonds. The Kier molecular flexibility index (Phi) is 3.81. The van der Waals surface area contributed by atoms with Crippen molar-refractivity contribution < 1.29 is 9.90 Å². The van der Waals surface area contributed by atoms with E-state index >= 15 is 0 Å². The minimum atomic E-state index is -0.410. The molecule has 0 bridgehead atoms. The van der Waals surface area contributed by atoms with Crippen molar-refractivity contribution >= 4 is 11.7 Å². The highest BCUT2D eigenvalue weighted by atomic mass is 16.3. The van der Waals surface area contributed by atoms with E-state index < -0.39 is 6.10 Å². The number of nitrogens with one attached hydrogen (secondary N) is 1. The number of rotatable bonds is 4. The molecule has 1 fully saturated rings. The van der Waals surface area contributed by atoms with Crippen molar-refractivity contribution in [1.82, 2.24) is 19.7 Å². The number of aliphatic hydroxyl groups excluding tert-OH is 1. The Hall–Kier alpha value is -2.41. The van der Waals surface area contributed by atoms with Crippen molar-refractivity contribution in [3.8, 4) is 0 Å². The van der Waals surface area contributed by atoms with Crippen molar-refractivity contribution in [3.63, 3.8) is 0 Å². The zero-order valence-electron chi connectivity index (χ0n) is 12.5. The first kappa shape index (κ1) is 14.5. The zero-order chi connectivity index (χ0) is 15.7. The first-order valence-electron chi connectivity index (χ1n) is 7.17. The van der Waals surface area contributed by atoms with Crippen LogP contribution < -0.4 is 5.32 Å². The lowest BCUT2D eigenvalue weighted by atomic mass is 9.83. The molecule has 3 rings (SSSR count). The Morgan fingerprint density at radius 2 is 2.27 bits per heavy atom. The van der Waals surface area contributed by atoms with E-state index in [0.717, 1.165) is 0 Å². The van der Waals surface area contributed by atoms with Crippen LogP contribution in [-0.4, -0.2) is 56.9 Å². The molecule has 0 aliphatic heterocycles. The summed E-state index contributed by atoms with van der Waals surface area (Å²) in [5, 5.41) is 17.4. The summed E-state index contributed by atoms with van der Waals surface area (Å²) in [5.41, 5.74) is 0.549. The van der Waals surface area contributed by atoms with Crippen LogP contribution in [0.2, 0.25) is 0 Å². The first-order valence-corrected chi connectivity index (χ1v) is 7.17. The van der Waals surface area contributed by atoms with Gasteiger partial charge in [0, 0.05) is 32.7 Å². The van der Waals surface area contributed by atoms with E-state index in [1.54, 1.807) is 43.3 Å². The highest BCUT2D eigenvalue weighted by Crippen LogP contribution is 2.34. The van der Waals surface area contributed by atoms with Gasteiger partial charge in [-0.05, 0) is 24.6 Å². The average Bonchev–Trinajstić information content (AvgIpc) is 2.99. The molecular weight excluding hydrogens is 282 g/mol. The van der Waals surface area contributed by atoms with E-state index in [4.69, 9.17) is 0 Å². The summed E-state index contributed by atoms with van der Waals surface area (Å²) >= 11 is 0. The minimum Gasteiger partial charge on any atom is -0.391 e. The molecule has 0 spiro atoms. The van der Waals surface area contributed by atoms with Gasteiger partial charge < -0.3 is 15.3 Å². The highest BCUT2D eigenvalue weighted by Gasteiger charge is 2.41. The van der Waals surface area contributed by atoms with Crippen molar-refractivity contribution in [2.75, 3.05) is 19.4 Å². The van der Waals surface area contributed by atoms with Gasteiger partial charge in [0.15, 0.2) is 0 Å². The number of nitrogens with zero attached hydrogens (tertiary/aromatic N) is 4. The Balaban J connectivity index is 1.68. The van der Waals surface area contributed by atoms with E-state index in [-0.39, 0.29) is 18.0 Å². The van der Waals surface area contributed by atoms with Gasteiger partial charge in [-0.2, -0.15) is 5.10 Å². The van der Waals surface area contributed by atoms with Gasteiger partial charge in [0.05, 0.1) is 23.8 Å². The summed E-state index contributed by atoms with van der Waals surface area (Å²) in [6.07, 6.45) is 5.33. The van der Waals surface area contributed by atoms with Crippen LogP contribution in [0.4, 0.5) is 5.82 Å². The molecule has 0 saturated heterocycles. The first-order chi connectivity index (χ1) is 10.6. The van der Waals surface area contributed by atoms with Crippen LogP contribution in [-0.2, 0) is 0 Å². The smallest absolute Gasteiger partial charge is 0.254 e. The number of pyridine rings is 1. The predicted octanol–water partition coefficient (Wildman–Crippen LogP) is 0.766. The van der Waals surface area contributed by atoms with Crippen LogP contribution in [0.15, 0.2) is 36.8 Å². The lowest BCUT2D eigenvalue weighted by Gasteiger charge is -2.42. The number of carbonyl (C=O) groups is 1. The number of hydrogen-bond donors (Lipinski definition) is 2. The van der Waals surface area contributed by atoms with Gasteiger partial charge in [0.1, 0.15) is 5.82 Å². The topological polar surface area (TPSA) is 83.3 Å². The monoisotopic (exact) mass is 301 g/mol. The Bertz CT molecular complexity index is 638. The molecule has 1 aliphatic rings. The highest BCUT2D eigenvalue weighted by molar-refractivity contribution is 5.93. The maximum atomic E-state index is 11.8. The van der Waals surface area contributed by atoms with Crippen LogP contribution in [0.5, 0.6) is 0 Å². The Morgan fingerprint density at radius 1 is 1.45 bits per heavy atom. The lowest BCUT2D eigenvalue weighted by Crippen LogP contribution is -2.51. The van der Waals surface area contributed by atoms with Crippen molar-refractivity contribution in [2.24, 2.45) is 0 Å². The summed E-state index contributed by atoms with van der Waals surface area (Å²) in [4.78, 5) is 17.6. The number of aliphatic hydroxyl groups is 1. The second kappa shape index (κ2) is 5.76. The lowest BCUT2D eigenvalue weighted by molar-refractivity contribution is 0.0133. The van der Waals surface area contributed by atoms with E-state index in [2.05, 4.69) is 15.4 Å². The molecule has 1 aliphatic carbocycles. The number of aromatic nitrogens is 3. The number of hydrogen-bond acceptors (Lipinski definition) is 5. The van der Waals surface area contributed by atoms with E-state index in [1.165, 1.54) is 4.90 Å². The van der Waals surface area contributed by atoms with Gasteiger partial charge in [-0.1, -0.05) is 0 Å². The van der Waals surface area contributed by atoms with Gasteiger partial charge in [0.2, 0.25) is 0 Å². The fourth-order valence-electron chi connectivity index (χ4n) is 2.63. The second-order valence-corrected chi connectivity index (χ2v) is 5.66. The molecule has 2 aromatic heterocycles. The largest absolute Gasteiger partial charge is 0.391 e. The maximum absolute atomic E-state index is 11.8. The summed E-state index contributed by atoms with van der Waals surface area (Å²) in [6, 6.07) is 5.33. The molecule has 2 aromatic rings. The van der Waals surface area contributed by atoms with Crippen LogP contribution in [0.1, 0.15) is 22.8 Å². The fourth-order valence-corrected chi connectivity index (χ4v) is 2.63. The molecule has 0 radical (unpaired) electrons. The van der Waals surface area contributed by atoms with Gasteiger partial charge in [0.25, 0.3) is 5.91 Å². The molecule has 0 aromatic carbocycles. The third kappa shape index (κ3) is 2.67. The molecule has 2 heterocycles. The van der Waals surface area contributed by atoms with Gasteiger partial charge in [-0.3, -0.25) is 9.48 Å². The van der Waals surface area contributed by atoms with Crippen LogP contribution in [0.25, 0.3) is 0 Å². The van der Waals surface area contributed by atoms with Gasteiger partial charge in [-0.15, -0.1) is 0 Å². The molecule has 7 nitrogen and oxygen atoms in total. The van der Waals surface area contributed by atoms with E-state index in [1.807, 2.05) is 12.3 Å². The summed E-state index contributed by atoms with van der Waals surface area (Å²) in [7, 11) is 3.41. The van der Waals surface area contributed by atoms with Crippen molar-refractivity contribution in [2.45, 2.75) is 24.6 Å². The van der Waals surface area contributed by atoms with Crippen LogP contribution in [0, 0.1) is 0 Å². The standard InChI is InChI=1S/C15H19N5O2/c1-19(2)15(22)10-4-5-13(16-9-10)18-11-8-12(21)14(11)20-7-3-6-17-20/h3-7,9,11-12,14,21H,8H2,1-2H3,(H,16,18)/t11-,12+,14+/m0/s1. The summed E-state index contributed by atoms with van der Waals surface area (Å²) in [5.74, 6) is 0.608. The predicted molar refractivity (Wildman–Crippen MR) is 81.6 cm³/mol. The Labute approximate surface area is 128 Å². The molecule has 3 atom stereocenters. The van der Waals surface area contributed by atoms with Crippen LogP contribution >= 0.6 is 0 Å². The van der Waals surface area contributed by atoms with Gasteiger partial charge in [-0.25, -0.2) is 4.98 Å². The summed E-state index contributed by atoms with van der Waals surface area (Å²) < 4.78 is 1.76. The SMILES string of the molecule is CN(C)C(=O)c1ccc(N[C@H]2C[C@@H](O)[C@@H]2n2cccn2)nc1. The normalized spacial score (nSPS) is 23.7. The summed E-state index contributed by atoms with van der Waals surface area (Å²) in [6.45, 7) is 0. The van der Waals surface area contributed by atoms with Gasteiger partial charge >= 0.3 is 0 Å². The second-order valence-electron chi connectivity index (χ2n) is 5.66. The molecule has 1 saturated carbocycles. The molecule has 2 N–H and O–H groups in total. The number of amides is 1. The minimum absolute atomic E-state index is 0.0674. The molecule has 7 heteroatoms. The van der Waals surface area contributed by atoms with Crippen molar-refractivity contribution in [3.05, 3.63) is 42.4 Å². The molecule has 116 valence electrons. The Morgan fingerprint density at radius 3 is 2.82 bits per heavy atom. The number of carbonyl (C=O) groups excluding carboxylic acids is 1. The van der Waals surface area contributed by atoms with Crippen molar-refractivity contribution in [1.29, 1.82) is 0 Å². The van der Waals surface area contributed by atoms with E-state index in [0.29, 0.717) is 17.8 Å². The average molecular weight is 301 g/mol. The zero-order valence-corrected chi connectivity index (χ0v) is 12.5. The fraction of sp³-hybridized carbons (Fsp3) is 0.400. The third-order valence-electron chi connectivity index (χ3n) is 3.88. The molecule has 0 unspecified atom stereocenters. The maximum Gasteiger partial charge on any atom is 0.254 e. The molecule has 22 heavy (non-hydrogen) atoms. The number of anilines is 1.